The maximum Gasteiger partial charge on any atom is 0.272 e. The zero-order chi connectivity index (χ0) is 19.3. The van der Waals surface area contributed by atoms with Gasteiger partial charge in [-0.2, -0.15) is 0 Å². The summed E-state index contributed by atoms with van der Waals surface area (Å²) < 4.78 is 5.28. The molecule has 2 aromatic heterocycles. The van der Waals surface area contributed by atoms with Crippen LogP contribution >= 0.6 is 0 Å². The van der Waals surface area contributed by atoms with Gasteiger partial charge in [-0.15, -0.1) is 0 Å². The number of nitrogens with zero attached hydrogens (tertiary/aromatic N) is 5. The minimum Gasteiger partial charge on any atom is -0.378 e. The third-order valence-electron chi connectivity index (χ3n) is 5.06. The second-order valence-electron chi connectivity index (χ2n) is 6.80. The molecule has 2 aromatic rings. The molecule has 4 heterocycles. The average Bonchev–Trinajstić information content (AvgIpc) is 2.79. The molecule has 0 atom stereocenters. The molecule has 8 nitrogen and oxygen atoms in total. The minimum absolute atomic E-state index is 0.0703. The summed E-state index contributed by atoms with van der Waals surface area (Å²) in [5, 5.41) is 0. The second-order valence-corrected chi connectivity index (χ2v) is 6.80. The number of hydrogen-bond donors (Lipinski definition) is 0. The molecule has 0 unspecified atom stereocenters. The van der Waals surface area contributed by atoms with Gasteiger partial charge in [0.15, 0.2) is 0 Å². The zero-order valence-corrected chi connectivity index (χ0v) is 15.7. The number of rotatable bonds is 3. The van der Waals surface area contributed by atoms with E-state index in [9.17, 15) is 9.59 Å². The van der Waals surface area contributed by atoms with E-state index in [0.717, 1.165) is 18.9 Å². The number of carbonyl (C=O) groups excluding carboxylic acids is 2. The van der Waals surface area contributed by atoms with Crippen LogP contribution in [0.2, 0.25) is 0 Å². The van der Waals surface area contributed by atoms with Crippen molar-refractivity contribution < 1.29 is 14.3 Å². The molecule has 0 bridgehead atoms. The molecule has 0 aromatic carbocycles. The Morgan fingerprint density at radius 1 is 0.821 bits per heavy atom. The summed E-state index contributed by atoms with van der Waals surface area (Å²) in [6, 6.07) is 9.10. The number of ether oxygens (including phenoxy) is 1. The number of piperazine rings is 1. The van der Waals surface area contributed by atoms with Gasteiger partial charge in [0.2, 0.25) is 0 Å². The van der Waals surface area contributed by atoms with Crippen LogP contribution in [-0.2, 0) is 4.74 Å². The van der Waals surface area contributed by atoms with E-state index in [-0.39, 0.29) is 11.8 Å². The van der Waals surface area contributed by atoms with Crippen LogP contribution in [0.4, 0.5) is 5.82 Å². The number of aromatic nitrogens is 2. The Morgan fingerprint density at radius 2 is 1.57 bits per heavy atom. The summed E-state index contributed by atoms with van der Waals surface area (Å²) in [6.07, 6.45) is 3.31. The molecule has 0 spiro atoms. The summed E-state index contributed by atoms with van der Waals surface area (Å²) in [7, 11) is 0. The molecular formula is C20H23N5O3. The van der Waals surface area contributed by atoms with Crippen molar-refractivity contribution in [3.8, 4) is 0 Å². The van der Waals surface area contributed by atoms with Gasteiger partial charge in [0, 0.05) is 57.2 Å². The lowest BCUT2D eigenvalue weighted by atomic mass is 10.1. The van der Waals surface area contributed by atoms with Crippen molar-refractivity contribution in [3.63, 3.8) is 0 Å². The molecule has 28 heavy (non-hydrogen) atoms. The van der Waals surface area contributed by atoms with Crippen molar-refractivity contribution in [1.29, 1.82) is 0 Å². The highest BCUT2D eigenvalue weighted by Gasteiger charge is 2.25. The van der Waals surface area contributed by atoms with Gasteiger partial charge >= 0.3 is 0 Å². The standard InChI is InChI=1S/C20H23N5O3/c26-19(24-9-7-23(8-10-24)18-3-1-2-5-22-18)16-4-6-21-17(15-16)20(27)25-11-13-28-14-12-25/h1-6,15H,7-14H2. The van der Waals surface area contributed by atoms with Crippen molar-refractivity contribution in [2.45, 2.75) is 0 Å². The van der Waals surface area contributed by atoms with Gasteiger partial charge in [0.05, 0.1) is 13.2 Å². The van der Waals surface area contributed by atoms with Crippen LogP contribution in [0, 0.1) is 0 Å². The first-order valence-corrected chi connectivity index (χ1v) is 9.51. The van der Waals surface area contributed by atoms with Crippen molar-refractivity contribution in [2.75, 3.05) is 57.4 Å². The third kappa shape index (κ3) is 3.96. The average molecular weight is 381 g/mol. The first kappa shape index (κ1) is 18.4. The molecule has 0 aliphatic carbocycles. The fourth-order valence-corrected chi connectivity index (χ4v) is 3.47. The van der Waals surface area contributed by atoms with E-state index in [2.05, 4.69) is 14.9 Å². The van der Waals surface area contributed by atoms with Crippen LogP contribution in [0.3, 0.4) is 0 Å². The number of morpholine rings is 1. The van der Waals surface area contributed by atoms with Crippen LogP contribution in [0.1, 0.15) is 20.8 Å². The number of anilines is 1. The number of carbonyl (C=O) groups is 2. The van der Waals surface area contributed by atoms with Gasteiger partial charge in [0.1, 0.15) is 11.5 Å². The van der Waals surface area contributed by atoms with Crippen molar-refractivity contribution in [3.05, 3.63) is 54.0 Å². The van der Waals surface area contributed by atoms with Crippen molar-refractivity contribution in [1.82, 2.24) is 19.8 Å². The number of pyridine rings is 2. The van der Waals surface area contributed by atoms with Gasteiger partial charge < -0.3 is 19.4 Å². The lowest BCUT2D eigenvalue weighted by Gasteiger charge is -2.35. The van der Waals surface area contributed by atoms with Gasteiger partial charge in [-0.05, 0) is 24.3 Å². The molecular weight excluding hydrogens is 358 g/mol. The van der Waals surface area contributed by atoms with Crippen LogP contribution in [0.5, 0.6) is 0 Å². The highest BCUT2D eigenvalue weighted by atomic mass is 16.5. The lowest BCUT2D eigenvalue weighted by molar-refractivity contribution is 0.0299. The first-order chi connectivity index (χ1) is 13.7. The Labute approximate surface area is 163 Å². The van der Waals surface area contributed by atoms with E-state index in [1.54, 1.807) is 23.2 Å². The highest BCUT2D eigenvalue weighted by Crippen LogP contribution is 2.15. The Bertz CT molecular complexity index is 831. The van der Waals surface area contributed by atoms with Crippen molar-refractivity contribution in [2.24, 2.45) is 0 Å². The van der Waals surface area contributed by atoms with Gasteiger partial charge in [-0.25, -0.2) is 4.98 Å². The Morgan fingerprint density at radius 3 is 2.29 bits per heavy atom. The highest BCUT2D eigenvalue weighted by molar-refractivity contribution is 5.98. The van der Waals surface area contributed by atoms with E-state index in [0.29, 0.717) is 50.7 Å². The van der Waals surface area contributed by atoms with E-state index in [4.69, 9.17) is 4.74 Å². The monoisotopic (exact) mass is 381 g/mol. The maximum atomic E-state index is 12.9. The van der Waals surface area contributed by atoms with Crippen LogP contribution in [0.25, 0.3) is 0 Å². The normalized spacial score (nSPS) is 17.5. The van der Waals surface area contributed by atoms with Crippen LogP contribution in [0.15, 0.2) is 42.7 Å². The predicted octanol–water partition coefficient (Wildman–Crippen LogP) is 0.911. The molecule has 2 fully saturated rings. The summed E-state index contributed by atoms with van der Waals surface area (Å²) in [5.41, 5.74) is 0.803. The fraction of sp³-hybridized carbons (Fsp3) is 0.400. The zero-order valence-electron chi connectivity index (χ0n) is 15.7. The maximum absolute atomic E-state index is 12.9. The van der Waals surface area contributed by atoms with E-state index >= 15 is 0 Å². The molecule has 2 aliphatic rings. The molecule has 0 radical (unpaired) electrons. The fourth-order valence-electron chi connectivity index (χ4n) is 3.47. The van der Waals surface area contributed by atoms with Crippen LogP contribution in [-0.4, -0.2) is 84.1 Å². The molecule has 2 aliphatic heterocycles. The quantitative estimate of drug-likeness (QED) is 0.787. The third-order valence-corrected chi connectivity index (χ3v) is 5.06. The smallest absolute Gasteiger partial charge is 0.272 e. The first-order valence-electron chi connectivity index (χ1n) is 9.51. The number of hydrogen-bond acceptors (Lipinski definition) is 6. The molecule has 0 N–H and O–H groups in total. The summed E-state index contributed by atoms with van der Waals surface area (Å²) in [4.78, 5) is 39.8. The SMILES string of the molecule is O=C(c1ccnc(C(=O)N2CCOCC2)c1)N1CCN(c2ccccn2)CC1. The van der Waals surface area contributed by atoms with E-state index in [1.807, 2.05) is 23.1 Å². The largest absolute Gasteiger partial charge is 0.378 e. The minimum atomic E-state index is -0.155. The molecule has 0 saturated carbocycles. The van der Waals surface area contributed by atoms with Gasteiger partial charge in [-0.1, -0.05) is 6.07 Å². The van der Waals surface area contributed by atoms with E-state index < -0.39 is 0 Å². The Balaban J connectivity index is 1.40. The van der Waals surface area contributed by atoms with E-state index in [1.165, 1.54) is 6.20 Å². The summed E-state index contributed by atoms with van der Waals surface area (Å²) >= 11 is 0. The van der Waals surface area contributed by atoms with Crippen molar-refractivity contribution >= 4 is 17.6 Å². The molecule has 2 saturated heterocycles. The molecule has 4 rings (SSSR count). The second kappa shape index (κ2) is 8.35. The number of amides is 2. The molecule has 8 heteroatoms. The lowest BCUT2D eigenvalue weighted by Crippen LogP contribution is -2.49. The van der Waals surface area contributed by atoms with Gasteiger partial charge in [0.25, 0.3) is 11.8 Å². The van der Waals surface area contributed by atoms with Crippen LogP contribution < -0.4 is 4.90 Å². The Hall–Kier alpha value is -3.00. The topological polar surface area (TPSA) is 78.9 Å². The summed E-state index contributed by atoms with van der Waals surface area (Å²) in [6.45, 7) is 4.86. The molecule has 2 amide bonds. The molecule has 146 valence electrons. The summed E-state index contributed by atoms with van der Waals surface area (Å²) in [5.74, 6) is 0.703. The van der Waals surface area contributed by atoms with Gasteiger partial charge in [-0.3, -0.25) is 14.6 Å². The Kier molecular flexibility index (Phi) is 5.48. The predicted molar refractivity (Wildman–Crippen MR) is 103 cm³/mol.